The highest BCUT2D eigenvalue weighted by molar-refractivity contribution is 5.93. The van der Waals surface area contributed by atoms with Crippen molar-refractivity contribution < 1.29 is 4.79 Å². The second-order valence-corrected chi connectivity index (χ2v) is 3.95. The molecule has 0 spiro atoms. The van der Waals surface area contributed by atoms with Gasteiger partial charge < -0.3 is 0 Å². The molecule has 14 heavy (non-hydrogen) atoms. The molecule has 0 fully saturated rings. The highest BCUT2D eigenvalue weighted by atomic mass is 16.2. The van der Waals surface area contributed by atoms with Crippen LogP contribution in [0.25, 0.3) is 0 Å². The summed E-state index contributed by atoms with van der Waals surface area (Å²) in [7, 11) is 1.82. The minimum absolute atomic E-state index is 0.0991. The fraction of sp³-hybridized carbons (Fsp3) is 0.600. The number of nitrogens with zero attached hydrogens (tertiary/aromatic N) is 3. The third kappa shape index (κ3) is 1.31. The quantitative estimate of drug-likeness (QED) is 0.621. The van der Waals surface area contributed by atoms with Crippen molar-refractivity contribution in [3.05, 3.63) is 11.8 Å². The van der Waals surface area contributed by atoms with Gasteiger partial charge in [-0.15, -0.1) is 0 Å². The first kappa shape index (κ1) is 9.24. The van der Waals surface area contributed by atoms with Crippen LogP contribution in [0, 0.1) is 12.8 Å². The second-order valence-electron chi connectivity index (χ2n) is 3.95. The molecule has 4 heteroatoms. The first-order valence-electron chi connectivity index (χ1n) is 4.91. The summed E-state index contributed by atoms with van der Waals surface area (Å²) in [5.41, 5.74) is 0.967. The molecule has 2 rings (SSSR count). The van der Waals surface area contributed by atoms with E-state index in [-0.39, 0.29) is 11.8 Å². The van der Waals surface area contributed by atoms with Gasteiger partial charge in [0.25, 0.3) is 0 Å². The molecule has 1 aliphatic heterocycles. The lowest BCUT2D eigenvalue weighted by Crippen LogP contribution is -2.30. The smallest absolute Gasteiger partial charge is 0.230 e. The summed E-state index contributed by atoms with van der Waals surface area (Å²) in [5.74, 6) is 1.20. The molecule has 0 N–H and O–H groups in total. The monoisotopic (exact) mass is 193 g/mol. The maximum Gasteiger partial charge on any atom is 0.230 e. The van der Waals surface area contributed by atoms with Crippen LogP contribution in [0.3, 0.4) is 0 Å². The predicted molar refractivity (Wildman–Crippen MR) is 54.2 cm³/mol. The molecular formula is C10H15N3O. The highest BCUT2D eigenvalue weighted by Gasteiger charge is 2.25. The molecule has 1 atom stereocenters. The van der Waals surface area contributed by atoms with Crippen LogP contribution in [0.4, 0.5) is 5.82 Å². The molecule has 76 valence electrons. The highest BCUT2D eigenvalue weighted by Crippen LogP contribution is 2.22. The van der Waals surface area contributed by atoms with Crippen molar-refractivity contribution in [1.82, 2.24) is 9.78 Å². The second kappa shape index (κ2) is 3.12. The average molecular weight is 193 g/mol. The topological polar surface area (TPSA) is 38.1 Å². The number of fused-ring (bicyclic) bond motifs is 1. The molecule has 1 aromatic heterocycles. The SMILES string of the molecule is Cc1cc2n(n1)CCC(C)C(=O)N2C. The van der Waals surface area contributed by atoms with E-state index in [1.165, 1.54) is 0 Å². The number of rotatable bonds is 0. The maximum atomic E-state index is 11.8. The van der Waals surface area contributed by atoms with E-state index in [9.17, 15) is 4.79 Å². The van der Waals surface area contributed by atoms with E-state index in [0.29, 0.717) is 0 Å². The normalized spacial score (nSPS) is 22.1. The van der Waals surface area contributed by atoms with Crippen LogP contribution in [0.15, 0.2) is 6.07 Å². The molecule has 2 heterocycles. The fourth-order valence-electron chi connectivity index (χ4n) is 1.85. The maximum absolute atomic E-state index is 11.8. The van der Waals surface area contributed by atoms with Crippen molar-refractivity contribution in [1.29, 1.82) is 0 Å². The van der Waals surface area contributed by atoms with Crippen LogP contribution < -0.4 is 4.90 Å². The van der Waals surface area contributed by atoms with Gasteiger partial charge in [0.1, 0.15) is 5.82 Å². The van der Waals surface area contributed by atoms with Gasteiger partial charge in [-0.05, 0) is 13.3 Å². The van der Waals surface area contributed by atoms with Crippen molar-refractivity contribution >= 4 is 11.7 Å². The summed E-state index contributed by atoms with van der Waals surface area (Å²) in [6.07, 6.45) is 0.872. The predicted octanol–water partition coefficient (Wildman–Crippen LogP) is 1.19. The Balaban J connectivity index is 2.43. The van der Waals surface area contributed by atoms with Crippen molar-refractivity contribution in [3.8, 4) is 0 Å². The van der Waals surface area contributed by atoms with E-state index in [1.54, 1.807) is 4.90 Å². The summed E-state index contributed by atoms with van der Waals surface area (Å²) in [4.78, 5) is 13.5. The number of hydrogen-bond acceptors (Lipinski definition) is 2. The van der Waals surface area contributed by atoms with E-state index in [4.69, 9.17) is 0 Å². The van der Waals surface area contributed by atoms with Crippen LogP contribution in [-0.4, -0.2) is 22.7 Å². The Bertz CT molecular complexity index is 369. The lowest BCUT2D eigenvalue weighted by Gasteiger charge is -2.16. The van der Waals surface area contributed by atoms with E-state index < -0.39 is 0 Å². The van der Waals surface area contributed by atoms with Gasteiger partial charge in [0.15, 0.2) is 0 Å². The standard InChI is InChI=1S/C10H15N3O/c1-7-4-5-13-9(6-8(2)11-13)12(3)10(7)14/h6-7H,4-5H2,1-3H3. The zero-order valence-electron chi connectivity index (χ0n) is 8.82. The lowest BCUT2D eigenvalue weighted by atomic mass is 10.1. The Hall–Kier alpha value is -1.32. The average Bonchev–Trinajstić information content (AvgIpc) is 2.49. The third-order valence-electron chi connectivity index (χ3n) is 2.75. The molecule has 1 aromatic rings. The fourth-order valence-corrected chi connectivity index (χ4v) is 1.85. The van der Waals surface area contributed by atoms with Crippen molar-refractivity contribution in [3.63, 3.8) is 0 Å². The summed E-state index contributed by atoms with van der Waals surface area (Å²) < 4.78 is 1.91. The van der Waals surface area contributed by atoms with Crippen molar-refractivity contribution in [2.24, 2.45) is 5.92 Å². The van der Waals surface area contributed by atoms with Crippen molar-refractivity contribution in [2.45, 2.75) is 26.8 Å². The Morgan fingerprint density at radius 2 is 2.29 bits per heavy atom. The number of carbonyl (C=O) groups excluding carboxylic acids is 1. The van der Waals surface area contributed by atoms with Crippen LogP contribution >= 0.6 is 0 Å². The van der Waals surface area contributed by atoms with Crippen molar-refractivity contribution in [2.75, 3.05) is 11.9 Å². The van der Waals surface area contributed by atoms with E-state index in [1.807, 2.05) is 31.6 Å². The number of aromatic nitrogens is 2. The van der Waals surface area contributed by atoms with Crippen LogP contribution in [0.2, 0.25) is 0 Å². The molecule has 0 saturated carbocycles. The summed E-state index contributed by atoms with van der Waals surface area (Å²) >= 11 is 0. The molecule has 0 saturated heterocycles. The van der Waals surface area contributed by atoms with Gasteiger partial charge in [-0.2, -0.15) is 5.10 Å². The largest absolute Gasteiger partial charge is 0.300 e. The molecule has 0 radical (unpaired) electrons. The number of aryl methyl sites for hydroxylation is 2. The molecule has 4 nitrogen and oxygen atoms in total. The zero-order valence-corrected chi connectivity index (χ0v) is 8.82. The molecule has 0 bridgehead atoms. The summed E-state index contributed by atoms with van der Waals surface area (Å²) in [5, 5.41) is 4.35. The van der Waals surface area contributed by atoms with E-state index in [2.05, 4.69) is 5.10 Å². The van der Waals surface area contributed by atoms with Gasteiger partial charge in [-0.1, -0.05) is 6.92 Å². The van der Waals surface area contributed by atoms with Gasteiger partial charge in [0.2, 0.25) is 5.91 Å². The van der Waals surface area contributed by atoms with Crippen LogP contribution in [0.1, 0.15) is 19.0 Å². The van der Waals surface area contributed by atoms with Gasteiger partial charge >= 0.3 is 0 Å². The Morgan fingerprint density at radius 1 is 1.57 bits per heavy atom. The van der Waals surface area contributed by atoms with Gasteiger partial charge in [-0.25, -0.2) is 4.68 Å². The van der Waals surface area contributed by atoms with Crippen LogP contribution in [-0.2, 0) is 11.3 Å². The lowest BCUT2D eigenvalue weighted by molar-refractivity contribution is -0.121. The van der Waals surface area contributed by atoms with Gasteiger partial charge in [-0.3, -0.25) is 9.69 Å². The van der Waals surface area contributed by atoms with E-state index in [0.717, 1.165) is 24.5 Å². The number of amides is 1. The molecule has 1 amide bonds. The van der Waals surface area contributed by atoms with Gasteiger partial charge in [0.05, 0.1) is 5.69 Å². The van der Waals surface area contributed by atoms with Crippen LogP contribution in [0.5, 0.6) is 0 Å². The number of carbonyl (C=O) groups is 1. The van der Waals surface area contributed by atoms with Gasteiger partial charge in [0, 0.05) is 25.6 Å². The molecule has 1 aliphatic rings. The Kier molecular flexibility index (Phi) is 2.06. The van der Waals surface area contributed by atoms with E-state index >= 15 is 0 Å². The minimum atomic E-state index is 0.0991. The first-order chi connectivity index (χ1) is 6.59. The first-order valence-corrected chi connectivity index (χ1v) is 4.91. The third-order valence-corrected chi connectivity index (χ3v) is 2.75. The summed E-state index contributed by atoms with van der Waals surface area (Å²) in [6.45, 7) is 4.75. The molecule has 0 aliphatic carbocycles. The summed E-state index contributed by atoms with van der Waals surface area (Å²) in [6, 6.07) is 1.95. The molecular weight excluding hydrogens is 178 g/mol. The number of anilines is 1. The Labute approximate surface area is 83.5 Å². The molecule has 1 unspecified atom stereocenters. The Morgan fingerprint density at radius 3 is 3.00 bits per heavy atom. The minimum Gasteiger partial charge on any atom is -0.300 e. The zero-order chi connectivity index (χ0) is 10.3. The number of hydrogen-bond donors (Lipinski definition) is 0. The molecule has 0 aromatic carbocycles.